The van der Waals surface area contributed by atoms with Gasteiger partial charge in [-0.3, -0.25) is 0 Å². The van der Waals surface area contributed by atoms with Crippen LogP contribution in [-0.2, 0) is 29.7 Å². The van der Waals surface area contributed by atoms with E-state index in [2.05, 4.69) is 175 Å². The zero-order valence-corrected chi connectivity index (χ0v) is 41.7. The van der Waals surface area contributed by atoms with E-state index in [0.29, 0.717) is 0 Å². The minimum atomic E-state index is -6.42. The Morgan fingerprint density at radius 2 is 0.926 bits per heavy atom. The molecule has 0 amide bonds. The van der Waals surface area contributed by atoms with Crippen molar-refractivity contribution in [2.75, 3.05) is 23.0 Å². The van der Waals surface area contributed by atoms with Gasteiger partial charge in [-0.2, -0.15) is 0 Å². The first-order chi connectivity index (χ1) is 25.5. The molecule has 2 atom stereocenters. The molecule has 0 heterocycles. The molecular weight excluding hydrogens is 967 g/mol. The maximum atomic E-state index is 8.86. The van der Waals surface area contributed by atoms with E-state index in [1.54, 1.807) is 0 Å². The van der Waals surface area contributed by atoms with Crippen molar-refractivity contribution in [3.05, 3.63) is 169 Å². The molecule has 0 aromatic heterocycles. The van der Waals surface area contributed by atoms with Gasteiger partial charge in [-0.15, -0.1) is 0 Å². The Labute approximate surface area is 343 Å². The Bertz CT molecular complexity index is 2080. The van der Waals surface area contributed by atoms with Crippen LogP contribution in [0.3, 0.4) is 0 Å². The predicted molar refractivity (Wildman–Crippen MR) is 256 cm³/mol. The summed E-state index contributed by atoms with van der Waals surface area (Å²) >= 11 is 9.19. The van der Waals surface area contributed by atoms with Crippen LogP contribution in [-0.4, -0.2) is 28.9 Å². The summed E-state index contributed by atoms with van der Waals surface area (Å²) in [7, 11) is 11.4. The molecule has 0 spiro atoms. The molecule has 4 aromatic carbocycles. The Morgan fingerprint density at radius 3 is 1.22 bits per heavy atom. The monoisotopic (exact) mass is 1010 g/mol. The molecule has 0 saturated carbocycles. The van der Waals surface area contributed by atoms with Crippen molar-refractivity contribution in [2.24, 2.45) is 0 Å². The molecule has 0 radical (unpaired) electrons. The number of fused-ring (bicyclic) bond motifs is 2. The van der Waals surface area contributed by atoms with Gasteiger partial charge in [-0.05, 0) is 0 Å². The van der Waals surface area contributed by atoms with E-state index in [1.165, 1.54) is 65.4 Å². The van der Waals surface area contributed by atoms with E-state index in [-0.39, 0.29) is 29.0 Å². The van der Waals surface area contributed by atoms with Crippen LogP contribution in [0.1, 0.15) is 43.4 Å². The first-order valence-electron chi connectivity index (χ1n) is 18.5. The Kier molecular flexibility index (Phi) is 11.6. The van der Waals surface area contributed by atoms with Crippen molar-refractivity contribution in [3.63, 3.8) is 0 Å². The molecule has 0 saturated heterocycles. The van der Waals surface area contributed by atoms with Crippen LogP contribution in [0.15, 0.2) is 156 Å². The summed E-state index contributed by atoms with van der Waals surface area (Å²) in [6, 6.07) is 31.5. The quantitative estimate of drug-likeness (QED) is 0.0632. The minimum absolute atomic E-state index is 0.0660. The molecule has 4 aromatic rings. The zero-order chi connectivity index (χ0) is 39.2. The van der Waals surface area contributed by atoms with Crippen LogP contribution in [0.5, 0.6) is 0 Å². The Hall–Kier alpha value is -1.34. The van der Waals surface area contributed by atoms with Crippen molar-refractivity contribution in [1.82, 2.24) is 0 Å². The standard InChI is InChI=1S/2C22H22S.C2H7Si.2BrH.2ClH.Zr/c2*1-4-13-23(14-5-2)20-11-9-18(10-12-20)21-8-6-7-19-15-17(3)16-22(19)21;1-3-2;;;;;/h2*4-12,15-16H,1-2,13-14H2,3H3;3H,1-2H3;4*1H;/q2*+1;;;;;;+4/p-4. The van der Waals surface area contributed by atoms with E-state index in [0.717, 1.165) is 23.0 Å². The molecule has 8 heteroatoms. The molecule has 0 bridgehead atoms. The summed E-state index contributed by atoms with van der Waals surface area (Å²) in [5.41, 5.74) is 11.9. The molecule has 0 N–H and O–H groups in total. The topological polar surface area (TPSA) is 0 Å². The van der Waals surface area contributed by atoms with Gasteiger partial charge >= 0.3 is 347 Å². The zero-order valence-electron chi connectivity index (χ0n) is 31.8. The molecule has 0 fully saturated rings. The molecule has 0 nitrogen and oxygen atoms in total. The Morgan fingerprint density at radius 1 is 0.593 bits per heavy atom. The fourth-order valence-electron chi connectivity index (χ4n) is 9.23. The van der Waals surface area contributed by atoms with Gasteiger partial charge < -0.3 is 0 Å². The molecule has 281 valence electrons. The molecule has 2 aliphatic carbocycles. The van der Waals surface area contributed by atoms with Crippen LogP contribution < -0.4 is 0 Å². The maximum absolute atomic E-state index is 8.86. The number of halogens is 4. The first kappa shape index (κ1) is 42.3. The number of rotatable bonds is 15. The van der Waals surface area contributed by atoms with Gasteiger partial charge in [0.2, 0.25) is 0 Å². The summed E-state index contributed by atoms with van der Waals surface area (Å²) in [6.45, 7) is 25.1. The Balaban J connectivity index is 1.48. The second kappa shape index (κ2) is 14.8. The second-order valence-corrected chi connectivity index (χ2v) is 133. The predicted octanol–water partition coefficient (Wildman–Crippen LogP) is 15.0. The number of hydrogen-bond donors (Lipinski definition) is 0. The van der Waals surface area contributed by atoms with Crippen LogP contribution in [0, 0.1) is 0 Å². The van der Waals surface area contributed by atoms with Crippen LogP contribution >= 0.6 is 41.5 Å². The van der Waals surface area contributed by atoms with Crippen molar-refractivity contribution in [2.45, 2.75) is 44.0 Å². The summed E-state index contributed by atoms with van der Waals surface area (Å²) in [5, 5.41) is 0. The normalized spacial score (nSPS) is 18.5. The summed E-state index contributed by atoms with van der Waals surface area (Å²) in [6.07, 6.45) is 12.7. The molecule has 0 aliphatic heterocycles. The van der Waals surface area contributed by atoms with Crippen molar-refractivity contribution in [1.29, 1.82) is 0 Å². The number of benzene rings is 4. The van der Waals surface area contributed by atoms with Crippen LogP contribution in [0.4, 0.5) is 0 Å². The third-order valence-electron chi connectivity index (χ3n) is 11.9. The van der Waals surface area contributed by atoms with Gasteiger partial charge in [0.15, 0.2) is 0 Å². The van der Waals surface area contributed by atoms with E-state index >= 15 is 0 Å². The van der Waals surface area contributed by atoms with Gasteiger partial charge in [0.25, 0.3) is 0 Å². The molecule has 2 aliphatic rings. The van der Waals surface area contributed by atoms with Gasteiger partial charge in [-0.1, -0.05) is 0 Å². The van der Waals surface area contributed by atoms with Gasteiger partial charge in [0.05, 0.1) is 0 Å². The van der Waals surface area contributed by atoms with Crippen molar-refractivity contribution in [3.8, 4) is 22.3 Å². The number of allylic oxidation sites excluding steroid dienone is 2. The van der Waals surface area contributed by atoms with Crippen LogP contribution in [0.2, 0.25) is 13.1 Å². The molecular formula is C46H51Br2Cl2S2SiZr+2. The average Bonchev–Trinajstić information content (AvgIpc) is 3.69. The third-order valence-corrected chi connectivity index (χ3v) is 121. The molecule has 2 unspecified atom stereocenters. The second-order valence-electron chi connectivity index (χ2n) is 15.5. The van der Waals surface area contributed by atoms with E-state index in [9.17, 15) is 0 Å². The van der Waals surface area contributed by atoms with Gasteiger partial charge in [0.1, 0.15) is 0 Å². The van der Waals surface area contributed by atoms with E-state index in [4.69, 9.17) is 17.0 Å². The van der Waals surface area contributed by atoms with Gasteiger partial charge in [-0.25, -0.2) is 0 Å². The molecule has 6 rings (SSSR count). The van der Waals surface area contributed by atoms with Gasteiger partial charge in [0, 0.05) is 0 Å². The average molecular weight is 1020 g/mol. The fourth-order valence-corrected chi connectivity index (χ4v) is 62.6. The first-order valence-corrected chi connectivity index (χ1v) is 49.2. The summed E-state index contributed by atoms with van der Waals surface area (Å²) in [5.74, 6) is 1.76. The third kappa shape index (κ3) is 6.89. The molecule has 54 heavy (non-hydrogen) atoms. The van der Waals surface area contributed by atoms with Crippen molar-refractivity contribution >= 4 is 81.3 Å². The van der Waals surface area contributed by atoms with Crippen molar-refractivity contribution < 1.29 is 7.89 Å². The summed E-state index contributed by atoms with van der Waals surface area (Å²) < 4.78 is -0.459. The number of hydrogen-bond acceptors (Lipinski definition) is 0. The SMILES string of the molecule is C=CC[S+](CC=C)c1ccc(-c2cccc3c2C=C(C)[CH]3[Zr]([Cl])([Cl])([Br])([Br])([CH]2C(C)=Cc3c(-c4ccc([S+](CC=C)CC=C)cc4)cccc32)[SiH](C)C)cc1. The van der Waals surface area contributed by atoms with E-state index in [1.807, 2.05) is 24.3 Å². The summed E-state index contributed by atoms with van der Waals surface area (Å²) in [4.78, 5) is 2.66. The van der Waals surface area contributed by atoms with Crippen LogP contribution in [0.25, 0.3) is 34.4 Å². The van der Waals surface area contributed by atoms with E-state index < -0.39 is 13.8 Å². The fraction of sp³-hybridized carbons (Fsp3) is 0.217.